The van der Waals surface area contributed by atoms with Crippen molar-refractivity contribution in [1.29, 1.82) is 0 Å². The average molecular weight is 903 g/mol. The number of hydrogen-bond acceptors (Lipinski definition) is 4. The molecule has 0 atom stereocenters. The summed E-state index contributed by atoms with van der Waals surface area (Å²) in [5.74, 6) is -1.91. The maximum absolute atomic E-state index is 14.0. The molecule has 53 heavy (non-hydrogen) atoms. The molecular weight excluding hydrogens is 850 g/mol. The molecule has 1 aliphatic rings. The minimum Gasteiger partial charge on any atom is -0.486 e. The van der Waals surface area contributed by atoms with Gasteiger partial charge in [-0.25, -0.2) is 9.37 Å². The van der Waals surface area contributed by atoms with Crippen LogP contribution in [0, 0.1) is 23.9 Å². The summed E-state index contributed by atoms with van der Waals surface area (Å²) in [7, 11) is -1.67. The van der Waals surface area contributed by atoms with Crippen molar-refractivity contribution in [1.82, 2.24) is 15.0 Å². The van der Waals surface area contributed by atoms with Crippen molar-refractivity contribution in [3.8, 4) is 33.8 Å². The minimum absolute atomic E-state index is 0. The van der Waals surface area contributed by atoms with Crippen molar-refractivity contribution in [3.05, 3.63) is 132 Å². The van der Waals surface area contributed by atoms with E-state index in [4.69, 9.17) is 14.0 Å². The second kappa shape index (κ2) is 16.8. The van der Waals surface area contributed by atoms with Crippen LogP contribution < -0.4 is 5.19 Å². The van der Waals surface area contributed by atoms with Crippen LogP contribution in [0.15, 0.2) is 108 Å². The zero-order valence-electron chi connectivity index (χ0n) is 37.6. The molecule has 0 amide bonds. The van der Waals surface area contributed by atoms with Crippen molar-refractivity contribution in [2.75, 3.05) is 0 Å². The van der Waals surface area contributed by atoms with Gasteiger partial charge in [-0.05, 0) is 90.0 Å². The summed E-state index contributed by atoms with van der Waals surface area (Å²) in [5.41, 5.74) is 5.55. The van der Waals surface area contributed by atoms with Crippen molar-refractivity contribution >= 4 is 35.3 Å². The van der Waals surface area contributed by atoms with Gasteiger partial charge in [-0.2, -0.15) is 0 Å². The largest absolute Gasteiger partial charge is 0.486 e. The maximum Gasteiger partial charge on any atom is 0.216 e. The Bertz CT molecular complexity index is 2650. The number of pyridine rings is 3. The molecule has 7 heteroatoms. The topological polar surface area (TPSA) is 51.8 Å². The van der Waals surface area contributed by atoms with E-state index in [0.717, 1.165) is 65.1 Å². The SMILES string of the molecule is [2H]C([2H])(c1cc(-c2[c-]cccc2)ncc1[Si](C)(C)C)C(C)C.[2H]c1c([2H])c(-c2ccc3c(n2)oc2c(-c4cc(C5([2H])CCCCC5)ccn4)[c-]ccc23)c([2H])c([2H])c1F.[Ir]. The van der Waals surface area contributed by atoms with Crippen molar-refractivity contribution in [2.45, 2.75) is 77.9 Å². The molecule has 0 spiro atoms. The number of nitrogens with zero attached hydrogens (tertiary/aromatic N) is 3. The summed E-state index contributed by atoms with van der Waals surface area (Å²) in [5, 5.41) is 2.59. The Morgan fingerprint density at radius 1 is 0.906 bits per heavy atom. The molecule has 1 aliphatic carbocycles. The summed E-state index contributed by atoms with van der Waals surface area (Å²) in [6, 6.07) is 24.4. The van der Waals surface area contributed by atoms with E-state index in [1.54, 1.807) is 24.4 Å². The monoisotopic (exact) mass is 903 g/mol. The molecule has 0 saturated heterocycles. The van der Waals surface area contributed by atoms with E-state index in [2.05, 4.69) is 46.7 Å². The molecule has 0 bridgehead atoms. The molecule has 1 saturated carbocycles. The van der Waals surface area contributed by atoms with E-state index in [9.17, 15) is 4.39 Å². The van der Waals surface area contributed by atoms with Gasteiger partial charge in [0.25, 0.3) is 0 Å². The Morgan fingerprint density at radius 2 is 1.70 bits per heavy atom. The van der Waals surface area contributed by atoms with E-state index >= 15 is 0 Å². The number of hydrogen-bond donors (Lipinski definition) is 0. The summed E-state index contributed by atoms with van der Waals surface area (Å²) in [4.78, 5) is 13.6. The number of aromatic nitrogens is 3. The Balaban J connectivity index is 0.000000226. The van der Waals surface area contributed by atoms with Gasteiger partial charge in [0, 0.05) is 47.6 Å². The number of rotatable bonds is 7. The zero-order valence-corrected chi connectivity index (χ0v) is 34.0. The summed E-state index contributed by atoms with van der Waals surface area (Å²) in [6.45, 7) is 10.6. The van der Waals surface area contributed by atoms with Crippen LogP contribution in [0.1, 0.15) is 72.6 Å². The number of halogens is 1. The van der Waals surface area contributed by atoms with E-state index in [1.807, 2.05) is 68.6 Å². The molecule has 8 rings (SSSR count). The molecule has 1 fully saturated rings. The van der Waals surface area contributed by atoms with Crippen LogP contribution in [0.5, 0.6) is 0 Å². The van der Waals surface area contributed by atoms with Gasteiger partial charge in [0.05, 0.1) is 24.8 Å². The van der Waals surface area contributed by atoms with Gasteiger partial charge in [-0.3, -0.25) is 0 Å². The number of fused-ring (bicyclic) bond motifs is 3. The molecular formula is C46H46FIrN3OSi-2. The summed E-state index contributed by atoms with van der Waals surface area (Å²) in [6.07, 6.45) is 7.13. The van der Waals surface area contributed by atoms with E-state index in [0.29, 0.717) is 22.2 Å². The molecule has 273 valence electrons. The van der Waals surface area contributed by atoms with Crippen molar-refractivity contribution in [3.63, 3.8) is 0 Å². The second-order valence-electron chi connectivity index (χ2n) is 14.5. The van der Waals surface area contributed by atoms with Crippen LogP contribution in [0.4, 0.5) is 4.39 Å². The van der Waals surface area contributed by atoms with Crippen LogP contribution in [0.2, 0.25) is 19.6 Å². The van der Waals surface area contributed by atoms with Gasteiger partial charge < -0.3 is 14.4 Å². The zero-order chi connectivity index (χ0) is 42.4. The van der Waals surface area contributed by atoms with Crippen LogP contribution >= 0.6 is 0 Å². The van der Waals surface area contributed by atoms with Crippen LogP contribution in [-0.4, -0.2) is 23.0 Å². The van der Waals surface area contributed by atoms with E-state index < -0.39 is 50.3 Å². The fourth-order valence-electron chi connectivity index (χ4n) is 6.61. The van der Waals surface area contributed by atoms with E-state index in [1.165, 1.54) is 0 Å². The summed E-state index contributed by atoms with van der Waals surface area (Å²) < 4.78 is 78.3. The molecule has 4 aromatic heterocycles. The van der Waals surface area contributed by atoms with Crippen molar-refractivity contribution < 1.29 is 38.5 Å². The summed E-state index contributed by atoms with van der Waals surface area (Å²) >= 11 is 0. The Kier molecular flexibility index (Phi) is 9.53. The average Bonchev–Trinajstić information content (AvgIpc) is 3.61. The quantitative estimate of drug-likeness (QED) is 0.118. The third-order valence-corrected chi connectivity index (χ3v) is 11.2. The third-order valence-electron chi connectivity index (χ3n) is 9.17. The van der Waals surface area contributed by atoms with Gasteiger partial charge in [-0.1, -0.05) is 87.0 Å². The van der Waals surface area contributed by atoms with Gasteiger partial charge in [0.1, 0.15) is 5.82 Å². The molecule has 0 unspecified atom stereocenters. The van der Waals surface area contributed by atoms with Crippen LogP contribution in [0.25, 0.3) is 55.8 Å². The first-order valence-electron chi connectivity index (χ1n) is 21.4. The first-order valence-corrected chi connectivity index (χ1v) is 21.4. The van der Waals surface area contributed by atoms with Gasteiger partial charge in [0.15, 0.2) is 0 Å². The fourth-order valence-corrected chi connectivity index (χ4v) is 8.02. The predicted octanol–water partition coefficient (Wildman–Crippen LogP) is 12.0. The van der Waals surface area contributed by atoms with Crippen LogP contribution in [0.3, 0.4) is 0 Å². The number of furan rings is 1. The molecule has 4 nitrogen and oxygen atoms in total. The predicted molar refractivity (Wildman–Crippen MR) is 215 cm³/mol. The standard InChI is InChI=1S/C28H22FN2O.C18H24NSi.Ir/c29-21-11-9-19(10-12-21)25-14-13-23-22-7-4-8-24(27(22)32-28(23)31-25)26-17-20(15-16-30-26)18-5-2-1-3-6-18;1-14(2)11-16-12-17(15-9-7-6-8-10-15)19-13-18(16)20(3,4)5;/h4,7,9-18H,1-3,5-6H2;6-9,12-14H,11H2,1-5H3;/q2*-1;/i9D,10D,11D,12D,18D;11D2;. The fraction of sp³-hybridized carbons (Fsp3) is 0.283. The molecule has 3 aromatic carbocycles. The molecule has 0 aliphatic heterocycles. The molecule has 4 heterocycles. The Labute approximate surface area is 337 Å². The molecule has 1 radical (unpaired) electrons. The third kappa shape index (κ3) is 8.92. The van der Waals surface area contributed by atoms with Crippen LogP contribution in [-0.2, 0) is 26.5 Å². The van der Waals surface area contributed by atoms with E-state index in [-0.39, 0.29) is 43.0 Å². The Hall–Kier alpha value is -4.29. The number of benzene rings is 3. The normalized spacial score (nSPS) is 16.2. The van der Waals surface area contributed by atoms with Crippen molar-refractivity contribution in [2.24, 2.45) is 5.92 Å². The smallest absolute Gasteiger partial charge is 0.216 e. The maximum atomic E-state index is 14.0. The molecule has 0 N–H and O–H groups in total. The second-order valence-corrected chi connectivity index (χ2v) is 19.5. The minimum atomic E-state index is -1.67. The first kappa shape index (κ1) is 30.1. The molecule has 7 aromatic rings. The van der Waals surface area contributed by atoms with Gasteiger partial charge in [0.2, 0.25) is 5.71 Å². The van der Waals surface area contributed by atoms with Gasteiger partial charge in [-0.15, -0.1) is 54.1 Å². The first-order chi connectivity index (χ1) is 27.9. The Morgan fingerprint density at radius 3 is 2.42 bits per heavy atom. The van der Waals surface area contributed by atoms with Gasteiger partial charge >= 0.3 is 0 Å².